The van der Waals surface area contributed by atoms with E-state index in [0.29, 0.717) is 30.8 Å². The first-order valence-corrected chi connectivity index (χ1v) is 8.58. The molecule has 6 heteroatoms. The van der Waals surface area contributed by atoms with Gasteiger partial charge in [0.25, 0.3) is 5.91 Å². The van der Waals surface area contributed by atoms with Gasteiger partial charge in [0.2, 0.25) is 5.91 Å². The molecule has 0 atom stereocenters. The third-order valence-electron chi connectivity index (χ3n) is 3.88. The molecule has 0 radical (unpaired) electrons. The molecule has 1 aromatic carbocycles. The van der Waals surface area contributed by atoms with Crippen LogP contribution in [0.2, 0.25) is 0 Å². The second-order valence-corrected chi connectivity index (χ2v) is 6.03. The summed E-state index contributed by atoms with van der Waals surface area (Å²) in [6.07, 6.45) is 6.73. The fourth-order valence-corrected chi connectivity index (χ4v) is 2.68. The Morgan fingerprint density at radius 2 is 1.84 bits per heavy atom. The Balaban J connectivity index is 1.67. The third kappa shape index (κ3) is 6.79. The Hall–Kier alpha value is -2.63. The van der Waals surface area contributed by atoms with Crippen LogP contribution in [0.15, 0.2) is 35.9 Å². The normalized spacial score (nSPS) is 13.2. The summed E-state index contributed by atoms with van der Waals surface area (Å²) in [5, 5.41) is 5.61. The maximum absolute atomic E-state index is 12.1. The number of amides is 2. The van der Waals surface area contributed by atoms with Crippen molar-refractivity contribution < 1.29 is 19.1 Å². The quantitative estimate of drug-likeness (QED) is 0.344. The summed E-state index contributed by atoms with van der Waals surface area (Å²) in [5.74, 6) is -0.390. The van der Waals surface area contributed by atoms with Gasteiger partial charge in [-0.15, -0.1) is 0 Å². The van der Waals surface area contributed by atoms with Gasteiger partial charge in [0, 0.05) is 31.7 Å². The summed E-state index contributed by atoms with van der Waals surface area (Å²) < 4.78 is 4.96. The molecule has 1 aliphatic carbocycles. The minimum Gasteiger partial charge on any atom is -0.427 e. The molecule has 0 spiro atoms. The standard InChI is InChI=1S/C19H24N2O4/c1-14(22)25-17-9-4-8-16(13-17)19(24)21-11-5-10-20-18(23)12-15-6-2-3-7-15/h4,8-9,12-13H,2-3,5-7,10-11H2,1H3,(H,20,23)(H,21,24). The van der Waals surface area contributed by atoms with Crippen molar-refractivity contribution in [1.82, 2.24) is 10.6 Å². The van der Waals surface area contributed by atoms with E-state index in [4.69, 9.17) is 4.74 Å². The van der Waals surface area contributed by atoms with Crippen LogP contribution in [0, 0.1) is 0 Å². The Morgan fingerprint density at radius 1 is 1.12 bits per heavy atom. The predicted octanol–water partition coefficient (Wildman–Crippen LogP) is 2.35. The molecule has 0 saturated heterocycles. The molecule has 1 aromatic rings. The first-order chi connectivity index (χ1) is 12.0. The average molecular weight is 344 g/mol. The van der Waals surface area contributed by atoms with Gasteiger partial charge in [-0.05, 0) is 50.3 Å². The van der Waals surface area contributed by atoms with Crippen LogP contribution in [0.3, 0.4) is 0 Å². The largest absolute Gasteiger partial charge is 0.427 e. The molecule has 6 nitrogen and oxygen atoms in total. The Morgan fingerprint density at radius 3 is 2.56 bits per heavy atom. The number of carbonyl (C=O) groups excluding carboxylic acids is 3. The zero-order valence-electron chi connectivity index (χ0n) is 14.5. The van der Waals surface area contributed by atoms with Crippen LogP contribution < -0.4 is 15.4 Å². The van der Waals surface area contributed by atoms with E-state index in [-0.39, 0.29) is 11.8 Å². The van der Waals surface area contributed by atoms with Crippen LogP contribution in [0.5, 0.6) is 5.75 Å². The lowest BCUT2D eigenvalue weighted by Crippen LogP contribution is -2.29. The summed E-state index contributed by atoms with van der Waals surface area (Å²) in [7, 11) is 0. The molecular formula is C19H24N2O4. The number of hydrogen-bond donors (Lipinski definition) is 2. The SMILES string of the molecule is CC(=O)Oc1cccc(C(=O)NCCCNC(=O)C=C2CCCC2)c1. The molecule has 0 bridgehead atoms. The first kappa shape index (κ1) is 18.7. The fraction of sp³-hybridized carbons (Fsp3) is 0.421. The van der Waals surface area contributed by atoms with Gasteiger partial charge in [-0.25, -0.2) is 0 Å². The first-order valence-electron chi connectivity index (χ1n) is 8.58. The molecule has 1 aliphatic rings. The Kier molecular flexibility index (Phi) is 7.19. The van der Waals surface area contributed by atoms with E-state index in [1.807, 2.05) is 0 Å². The lowest BCUT2D eigenvalue weighted by Gasteiger charge is -2.07. The Labute approximate surface area is 147 Å². The highest BCUT2D eigenvalue weighted by atomic mass is 16.5. The van der Waals surface area contributed by atoms with Crippen LogP contribution in [-0.4, -0.2) is 30.9 Å². The second-order valence-electron chi connectivity index (χ2n) is 6.03. The van der Waals surface area contributed by atoms with Gasteiger partial charge in [-0.3, -0.25) is 14.4 Å². The number of ether oxygens (including phenoxy) is 1. The van der Waals surface area contributed by atoms with Crippen molar-refractivity contribution in [3.63, 3.8) is 0 Å². The van der Waals surface area contributed by atoms with Crippen molar-refractivity contribution in [2.24, 2.45) is 0 Å². The topological polar surface area (TPSA) is 84.5 Å². The highest BCUT2D eigenvalue weighted by Gasteiger charge is 2.09. The molecule has 134 valence electrons. The van der Waals surface area contributed by atoms with Crippen LogP contribution >= 0.6 is 0 Å². The van der Waals surface area contributed by atoms with Gasteiger partial charge in [-0.2, -0.15) is 0 Å². The van der Waals surface area contributed by atoms with E-state index < -0.39 is 5.97 Å². The van der Waals surface area contributed by atoms with Gasteiger partial charge in [0.05, 0.1) is 0 Å². The van der Waals surface area contributed by atoms with E-state index >= 15 is 0 Å². The zero-order valence-corrected chi connectivity index (χ0v) is 14.5. The number of allylic oxidation sites excluding steroid dienone is 1. The lowest BCUT2D eigenvalue weighted by atomic mass is 10.2. The summed E-state index contributed by atoms with van der Waals surface area (Å²) in [4.78, 5) is 34.7. The zero-order chi connectivity index (χ0) is 18.1. The molecule has 1 saturated carbocycles. The number of nitrogens with one attached hydrogen (secondary N) is 2. The molecule has 0 aromatic heterocycles. The van der Waals surface area contributed by atoms with E-state index in [2.05, 4.69) is 10.6 Å². The van der Waals surface area contributed by atoms with Crippen molar-refractivity contribution in [2.75, 3.05) is 13.1 Å². The van der Waals surface area contributed by atoms with Crippen LogP contribution in [0.4, 0.5) is 0 Å². The maximum Gasteiger partial charge on any atom is 0.308 e. The fourth-order valence-electron chi connectivity index (χ4n) is 2.68. The molecule has 2 amide bonds. The highest BCUT2D eigenvalue weighted by molar-refractivity contribution is 5.94. The molecule has 2 N–H and O–H groups in total. The van der Waals surface area contributed by atoms with E-state index in [1.54, 1.807) is 24.3 Å². The van der Waals surface area contributed by atoms with Gasteiger partial charge < -0.3 is 15.4 Å². The molecule has 1 fully saturated rings. The van der Waals surface area contributed by atoms with E-state index in [1.165, 1.54) is 31.4 Å². The van der Waals surface area contributed by atoms with Gasteiger partial charge in [0.15, 0.2) is 0 Å². The summed E-state index contributed by atoms with van der Waals surface area (Å²) in [5.41, 5.74) is 1.65. The summed E-state index contributed by atoms with van der Waals surface area (Å²) >= 11 is 0. The van der Waals surface area contributed by atoms with Crippen molar-refractivity contribution in [2.45, 2.75) is 39.0 Å². The summed E-state index contributed by atoms with van der Waals surface area (Å²) in [6, 6.07) is 6.45. The average Bonchev–Trinajstić information content (AvgIpc) is 3.07. The molecule has 2 rings (SSSR count). The number of carbonyl (C=O) groups is 3. The summed E-state index contributed by atoms with van der Waals surface area (Å²) in [6.45, 7) is 2.27. The van der Waals surface area contributed by atoms with Crippen LogP contribution in [0.25, 0.3) is 0 Å². The van der Waals surface area contributed by atoms with Crippen molar-refractivity contribution in [1.29, 1.82) is 0 Å². The van der Waals surface area contributed by atoms with Crippen molar-refractivity contribution in [3.8, 4) is 5.75 Å². The van der Waals surface area contributed by atoms with Crippen molar-refractivity contribution >= 4 is 17.8 Å². The minimum absolute atomic E-state index is 0.0580. The second kappa shape index (κ2) is 9.61. The number of benzene rings is 1. The molecule has 0 aliphatic heterocycles. The number of rotatable bonds is 7. The molecular weight excluding hydrogens is 320 g/mol. The highest BCUT2D eigenvalue weighted by Crippen LogP contribution is 2.23. The van der Waals surface area contributed by atoms with Crippen LogP contribution in [0.1, 0.15) is 49.4 Å². The molecule has 0 unspecified atom stereocenters. The van der Waals surface area contributed by atoms with E-state index in [0.717, 1.165) is 12.8 Å². The number of esters is 1. The number of hydrogen-bond acceptors (Lipinski definition) is 4. The lowest BCUT2D eigenvalue weighted by molar-refractivity contribution is -0.131. The molecule has 0 heterocycles. The Bertz CT molecular complexity index is 659. The smallest absolute Gasteiger partial charge is 0.308 e. The third-order valence-corrected chi connectivity index (χ3v) is 3.88. The maximum atomic E-state index is 12.1. The monoisotopic (exact) mass is 344 g/mol. The predicted molar refractivity (Wildman–Crippen MR) is 94.3 cm³/mol. The minimum atomic E-state index is -0.430. The van der Waals surface area contributed by atoms with Gasteiger partial charge in [0.1, 0.15) is 5.75 Å². The van der Waals surface area contributed by atoms with Gasteiger partial charge >= 0.3 is 5.97 Å². The molecule has 25 heavy (non-hydrogen) atoms. The van der Waals surface area contributed by atoms with Crippen molar-refractivity contribution in [3.05, 3.63) is 41.5 Å². The van der Waals surface area contributed by atoms with E-state index in [9.17, 15) is 14.4 Å². The van der Waals surface area contributed by atoms with Crippen LogP contribution in [-0.2, 0) is 9.59 Å². The van der Waals surface area contributed by atoms with Gasteiger partial charge in [-0.1, -0.05) is 11.6 Å².